The third kappa shape index (κ3) is 3.84. The van der Waals surface area contributed by atoms with E-state index in [-0.39, 0.29) is 17.7 Å². The van der Waals surface area contributed by atoms with Crippen LogP contribution in [0.3, 0.4) is 0 Å². The maximum atomic E-state index is 13.2. The smallest absolute Gasteiger partial charge is 0.272 e. The fourth-order valence-corrected chi connectivity index (χ4v) is 5.49. The molecule has 0 aromatic carbocycles. The predicted molar refractivity (Wildman–Crippen MR) is 118 cm³/mol. The Kier molecular flexibility index (Phi) is 5.57. The van der Waals surface area contributed by atoms with Crippen LogP contribution in [-0.4, -0.2) is 87.4 Å². The maximum Gasteiger partial charge on any atom is 0.272 e. The molecule has 0 radical (unpaired) electrons. The van der Waals surface area contributed by atoms with E-state index in [1.54, 1.807) is 24.2 Å². The van der Waals surface area contributed by atoms with Crippen LogP contribution in [0.15, 0.2) is 18.3 Å². The number of amides is 3. The van der Waals surface area contributed by atoms with E-state index in [4.69, 9.17) is 0 Å². The molecule has 3 atom stereocenters. The Balaban J connectivity index is 1.21. The average Bonchev–Trinajstić information content (AvgIpc) is 3.35. The van der Waals surface area contributed by atoms with Gasteiger partial charge in [-0.15, -0.1) is 0 Å². The maximum absolute atomic E-state index is 13.2. The third-order valence-corrected chi connectivity index (χ3v) is 7.44. The summed E-state index contributed by atoms with van der Waals surface area (Å²) in [5, 5.41) is 6.82. The molecule has 32 heavy (non-hydrogen) atoms. The number of aromatic nitrogens is 3. The average molecular weight is 439 g/mol. The first-order valence-electron chi connectivity index (χ1n) is 11.6. The second-order valence-corrected chi connectivity index (χ2v) is 9.44. The molecule has 0 aliphatic carbocycles. The van der Waals surface area contributed by atoms with Crippen LogP contribution in [0.5, 0.6) is 0 Å². The topological polar surface area (TPSA) is 102 Å². The number of carbonyl (C=O) groups excluding carboxylic acids is 3. The molecule has 5 rings (SSSR count). The molecule has 170 valence electrons. The molecule has 3 aliphatic heterocycles. The van der Waals surface area contributed by atoms with Gasteiger partial charge >= 0.3 is 0 Å². The van der Waals surface area contributed by atoms with E-state index in [1.165, 1.54) is 0 Å². The van der Waals surface area contributed by atoms with Crippen LogP contribution in [0.25, 0.3) is 11.0 Å². The van der Waals surface area contributed by atoms with Crippen LogP contribution in [0, 0.1) is 17.8 Å². The highest BCUT2D eigenvalue weighted by Gasteiger charge is 2.41. The number of carbonyl (C=O) groups is 3. The largest absolute Gasteiger partial charge is 0.345 e. The fraction of sp³-hybridized carbons (Fsp3) is 0.609. The SMILES string of the molecule is CN1CCCCC(C(=O)N2C[C@H]3CCN(C(=O)c4ccc5[nH]ncc5n4)CC[C@H]3C2)C1=O. The van der Waals surface area contributed by atoms with Crippen LogP contribution in [-0.2, 0) is 9.59 Å². The molecule has 1 N–H and O–H groups in total. The van der Waals surface area contributed by atoms with Gasteiger partial charge in [0.2, 0.25) is 11.8 Å². The van der Waals surface area contributed by atoms with Crippen LogP contribution in [0.4, 0.5) is 0 Å². The first kappa shape index (κ1) is 20.9. The second-order valence-electron chi connectivity index (χ2n) is 9.44. The minimum atomic E-state index is -0.521. The van der Waals surface area contributed by atoms with Gasteiger partial charge < -0.3 is 14.7 Å². The number of hydrogen-bond donors (Lipinski definition) is 1. The molecule has 3 saturated heterocycles. The Bertz CT molecular complexity index is 1020. The van der Waals surface area contributed by atoms with E-state index in [2.05, 4.69) is 15.2 Å². The predicted octanol–water partition coefficient (Wildman–Crippen LogP) is 1.53. The van der Waals surface area contributed by atoms with Gasteiger partial charge in [-0.25, -0.2) is 4.98 Å². The minimum absolute atomic E-state index is 0.00219. The van der Waals surface area contributed by atoms with Crippen molar-refractivity contribution in [3.8, 4) is 0 Å². The zero-order chi connectivity index (χ0) is 22.2. The summed E-state index contributed by atoms with van der Waals surface area (Å²) >= 11 is 0. The summed E-state index contributed by atoms with van der Waals surface area (Å²) in [4.78, 5) is 48.8. The first-order chi connectivity index (χ1) is 15.5. The monoisotopic (exact) mass is 438 g/mol. The number of nitrogens with one attached hydrogen (secondary N) is 1. The van der Waals surface area contributed by atoms with Crippen LogP contribution in [0.1, 0.15) is 42.6 Å². The van der Waals surface area contributed by atoms with Gasteiger partial charge in [-0.1, -0.05) is 6.42 Å². The number of rotatable bonds is 2. The molecule has 2 aromatic rings. The summed E-state index contributed by atoms with van der Waals surface area (Å²) < 4.78 is 0. The highest BCUT2D eigenvalue weighted by atomic mass is 16.2. The summed E-state index contributed by atoms with van der Waals surface area (Å²) in [5.41, 5.74) is 1.95. The molecule has 3 amide bonds. The molecule has 2 aromatic heterocycles. The third-order valence-electron chi connectivity index (χ3n) is 7.44. The van der Waals surface area contributed by atoms with Crippen molar-refractivity contribution in [3.63, 3.8) is 0 Å². The Morgan fingerprint density at radius 3 is 2.50 bits per heavy atom. The molecular formula is C23H30N6O3. The number of pyridine rings is 1. The van der Waals surface area contributed by atoms with Crippen molar-refractivity contribution in [2.75, 3.05) is 39.8 Å². The van der Waals surface area contributed by atoms with Crippen LogP contribution in [0.2, 0.25) is 0 Å². The standard InChI is InChI=1S/C23H30N6O3/c1-27-9-3-2-4-17(21(27)30)22(31)29-13-15-7-10-28(11-8-16(15)14-29)23(32)19-6-5-18-20(25-19)12-24-26-18/h5-6,12,15-17H,2-4,7-11,13-14H2,1H3,(H,24,26)/t15-,16+,17?. The van der Waals surface area contributed by atoms with Crippen LogP contribution >= 0.6 is 0 Å². The molecule has 1 unspecified atom stereocenters. The van der Waals surface area contributed by atoms with E-state index in [0.29, 0.717) is 55.6 Å². The van der Waals surface area contributed by atoms with Crippen molar-refractivity contribution >= 4 is 28.8 Å². The molecule has 9 heteroatoms. The second kappa shape index (κ2) is 8.52. The fourth-order valence-electron chi connectivity index (χ4n) is 5.49. The van der Waals surface area contributed by atoms with E-state index >= 15 is 0 Å². The normalized spacial score (nSPS) is 26.7. The highest BCUT2D eigenvalue weighted by molar-refractivity contribution is 6.00. The lowest BCUT2D eigenvalue weighted by Crippen LogP contribution is -2.43. The molecule has 0 spiro atoms. The van der Waals surface area contributed by atoms with Gasteiger partial charge in [0.1, 0.15) is 17.1 Å². The summed E-state index contributed by atoms with van der Waals surface area (Å²) in [6, 6.07) is 3.58. The van der Waals surface area contributed by atoms with Gasteiger partial charge in [0.05, 0.1) is 11.7 Å². The van der Waals surface area contributed by atoms with E-state index in [1.807, 2.05) is 15.9 Å². The molecule has 3 fully saturated rings. The van der Waals surface area contributed by atoms with Gasteiger partial charge in [-0.05, 0) is 49.7 Å². The summed E-state index contributed by atoms with van der Waals surface area (Å²) in [6.07, 6.45) is 5.90. The number of hydrogen-bond acceptors (Lipinski definition) is 5. The zero-order valence-corrected chi connectivity index (χ0v) is 18.5. The van der Waals surface area contributed by atoms with Crippen molar-refractivity contribution in [2.24, 2.45) is 17.8 Å². The quantitative estimate of drug-likeness (QED) is 0.717. The summed E-state index contributed by atoms with van der Waals surface area (Å²) in [6.45, 7) is 3.45. The lowest BCUT2D eigenvalue weighted by Gasteiger charge is -2.25. The van der Waals surface area contributed by atoms with Gasteiger partial charge in [0.15, 0.2) is 0 Å². The Morgan fingerprint density at radius 2 is 1.75 bits per heavy atom. The van der Waals surface area contributed by atoms with Crippen molar-refractivity contribution < 1.29 is 14.4 Å². The molecule has 0 saturated carbocycles. The minimum Gasteiger partial charge on any atom is -0.345 e. The Morgan fingerprint density at radius 1 is 1.00 bits per heavy atom. The number of aromatic amines is 1. The molecule has 9 nitrogen and oxygen atoms in total. The number of H-pyrrole nitrogens is 1. The first-order valence-corrected chi connectivity index (χ1v) is 11.6. The van der Waals surface area contributed by atoms with Crippen LogP contribution < -0.4 is 0 Å². The number of fused-ring (bicyclic) bond motifs is 2. The molecular weight excluding hydrogens is 408 g/mol. The lowest BCUT2D eigenvalue weighted by molar-refractivity contribution is -0.145. The van der Waals surface area contributed by atoms with Crippen molar-refractivity contribution in [1.82, 2.24) is 29.9 Å². The van der Waals surface area contributed by atoms with Crippen molar-refractivity contribution in [2.45, 2.75) is 32.1 Å². The lowest BCUT2D eigenvalue weighted by atomic mass is 9.92. The van der Waals surface area contributed by atoms with Crippen molar-refractivity contribution in [1.29, 1.82) is 0 Å². The number of likely N-dealkylation sites (tertiary alicyclic amines) is 3. The van der Waals surface area contributed by atoms with Gasteiger partial charge in [0.25, 0.3) is 5.91 Å². The van der Waals surface area contributed by atoms with E-state index in [0.717, 1.165) is 37.7 Å². The van der Waals surface area contributed by atoms with E-state index in [9.17, 15) is 14.4 Å². The number of nitrogens with zero attached hydrogens (tertiary/aromatic N) is 5. The van der Waals surface area contributed by atoms with E-state index < -0.39 is 5.92 Å². The zero-order valence-electron chi connectivity index (χ0n) is 18.5. The van der Waals surface area contributed by atoms with Gasteiger partial charge in [-0.2, -0.15) is 5.10 Å². The van der Waals surface area contributed by atoms with Gasteiger partial charge in [0, 0.05) is 39.8 Å². The van der Waals surface area contributed by atoms with Gasteiger partial charge in [-0.3, -0.25) is 19.5 Å². The molecule has 0 bridgehead atoms. The Hall–Kier alpha value is -2.97. The molecule has 3 aliphatic rings. The van der Waals surface area contributed by atoms with Crippen molar-refractivity contribution in [3.05, 3.63) is 24.0 Å². The summed E-state index contributed by atoms with van der Waals surface area (Å²) in [5.74, 6) is 0.153. The Labute approximate surface area is 187 Å². The molecule has 5 heterocycles. The summed E-state index contributed by atoms with van der Waals surface area (Å²) in [7, 11) is 1.80. The highest BCUT2D eigenvalue weighted by Crippen LogP contribution is 2.34.